The Balaban J connectivity index is 0. The van der Waals surface area contributed by atoms with Gasteiger partial charge in [0.1, 0.15) is 16.3 Å². The van der Waals surface area contributed by atoms with Gasteiger partial charge in [-0.3, -0.25) is 0 Å². The summed E-state index contributed by atoms with van der Waals surface area (Å²) in [5.74, 6) is 0. The Morgan fingerprint density at radius 3 is 1.57 bits per heavy atom. The summed E-state index contributed by atoms with van der Waals surface area (Å²) in [4.78, 5) is -0.208. The third-order valence-electron chi connectivity index (χ3n) is 0.178. The molecule has 0 amide bonds. The minimum Gasteiger partial charge on any atom is -0.107 e. The maximum Gasteiger partial charge on any atom is 0.122 e. The zero-order valence-electron chi connectivity index (χ0n) is 4.03. The van der Waals surface area contributed by atoms with Crippen LogP contribution in [0.1, 0.15) is 0 Å². The van der Waals surface area contributed by atoms with E-state index in [1.54, 1.807) is 0 Å². The molecule has 0 fully saturated rings. The molecule has 0 rings (SSSR count). The average Bonchev–Trinajstić information content (AvgIpc) is 1.73. The highest BCUT2D eigenvalue weighted by atomic mass is 35.5. The fourth-order valence-electron chi connectivity index (χ4n) is 0. The predicted molar refractivity (Wildman–Crippen MR) is 37.3 cm³/mol. The van der Waals surface area contributed by atoms with E-state index in [0.29, 0.717) is 0 Å². The molecule has 0 heterocycles. The largest absolute Gasteiger partial charge is 0.122 e. The zero-order chi connectivity index (χ0) is 6.28. The zero-order valence-corrected chi connectivity index (χ0v) is 6.70. The summed E-state index contributed by atoms with van der Waals surface area (Å²) in [6.45, 7) is 6.00. The van der Waals surface area contributed by atoms with Crippen molar-refractivity contribution in [3.8, 4) is 0 Å². The van der Waals surface area contributed by atoms with Crippen LogP contribution in [-0.4, -0.2) is 21.1 Å². The normalized spacial score (nSPS) is 7.29. The Morgan fingerprint density at radius 1 is 1.43 bits per heavy atom. The van der Waals surface area contributed by atoms with Gasteiger partial charge in [-0.2, -0.15) is 0 Å². The topological polar surface area (TPSA) is 0 Å². The molecule has 0 aliphatic heterocycles. The summed E-state index contributed by atoms with van der Waals surface area (Å²) in [5, 5.41) is 0.753. The van der Waals surface area contributed by atoms with Crippen LogP contribution in [0, 0.1) is 0 Å². The lowest BCUT2D eigenvalue weighted by Crippen LogP contribution is -1.79. The van der Waals surface area contributed by atoms with Gasteiger partial charge >= 0.3 is 0 Å². The maximum absolute atomic E-state index is 5.21. The van der Waals surface area contributed by atoms with Crippen LogP contribution in [0.3, 0.4) is 0 Å². The van der Waals surface area contributed by atoms with E-state index >= 15 is 0 Å². The molecule has 0 saturated carbocycles. The number of rotatable bonds is 1. The molecule has 7 heavy (non-hydrogen) atoms. The quantitative estimate of drug-likeness (QED) is 0.307. The van der Waals surface area contributed by atoms with Crippen molar-refractivity contribution in [1.82, 2.24) is 0 Å². The molecule has 0 aliphatic carbocycles. The van der Waals surface area contributed by atoms with Crippen molar-refractivity contribution in [3.05, 3.63) is 13.2 Å². The van der Waals surface area contributed by atoms with Crippen molar-refractivity contribution in [2.24, 2.45) is 0 Å². The lowest BCUT2D eigenvalue weighted by atomic mass is 10.9. The Labute approximate surface area is 62.9 Å². The number of alkyl halides is 2. The molecule has 0 N–H and O–H groups in total. The van der Waals surface area contributed by atoms with Crippen LogP contribution in [0.15, 0.2) is 13.2 Å². The molecule has 40 valence electrons. The molecule has 0 aromatic heterocycles. The van der Waals surface area contributed by atoms with Gasteiger partial charge in [-0.25, -0.2) is 0 Å². The lowest BCUT2D eigenvalue weighted by molar-refractivity contribution is 1.37. The predicted octanol–water partition coefficient (Wildman–Crippen LogP) is 2.18. The summed E-state index contributed by atoms with van der Waals surface area (Å²) < 4.78 is 0. The fourth-order valence-corrected chi connectivity index (χ4v) is 0. The first kappa shape index (κ1) is 10.8. The molecular formula is C4H7AlCl2. The van der Waals surface area contributed by atoms with Crippen molar-refractivity contribution in [3.63, 3.8) is 0 Å². The maximum atomic E-state index is 5.21. The van der Waals surface area contributed by atoms with Gasteiger partial charge in [0.2, 0.25) is 0 Å². The Kier molecular flexibility index (Phi) is 15.3. The van der Waals surface area contributed by atoms with E-state index in [0.717, 1.165) is 5.28 Å². The van der Waals surface area contributed by atoms with Crippen LogP contribution in [-0.2, 0) is 0 Å². The minimum absolute atomic E-state index is 0.208. The van der Waals surface area contributed by atoms with Crippen molar-refractivity contribution < 1.29 is 0 Å². The first-order chi connectivity index (χ1) is 3.27. The van der Waals surface area contributed by atoms with Crippen LogP contribution < -0.4 is 0 Å². The molecule has 0 spiro atoms. The fraction of sp³-hybridized carbons (Fsp3) is 0.500. The summed E-state index contributed by atoms with van der Waals surface area (Å²) in [7, 11) is 0. The second-order valence-electron chi connectivity index (χ2n) is 0.627. The number of halogens is 2. The summed E-state index contributed by atoms with van der Waals surface area (Å²) in [6, 6.07) is 0. The molecule has 0 aromatic carbocycles. The standard InChI is InChI=1S/C2H3Cl2.C2H4.Al/c1-2(3)4;1-2;/h2H,1H2;1-2H2;. The van der Waals surface area contributed by atoms with Gasteiger partial charge in [-0.1, -0.05) is 5.28 Å². The first-order valence-corrected chi connectivity index (χ1v) is 3.44. The van der Waals surface area contributed by atoms with E-state index in [-0.39, 0.29) is 4.84 Å². The highest BCUT2D eigenvalue weighted by Gasteiger charge is 1.85. The summed E-state index contributed by atoms with van der Waals surface area (Å²) >= 11 is 12.8. The molecule has 0 saturated heterocycles. The van der Waals surface area contributed by atoms with E-state index in [4.69, 9.17) is 23.2 Å². The van der Waals surface area contributed by atoms with E-state index in [1.807, 2.05) is 0 Å². The van der Waals surface area contributed by atoms with Gasteiger partial charge < -0.3 is 0 Å². The minimum atomic E-state index is -0.208. The second kappa shape index (κ2) is 9.97. The highest BCUT2D eigenvalue weighted by molar-refractivity contribution is 6.46. The molecule has 0 aromatic rings. The van der Waals surface area contributed by atoms with Gasteiger partial charge in [-0.05, 0) is 0 Å². The molecule has 3 heteroatoms. The van der Waals surface area contributed by atoms with Gasteiger partial charge in [-0.15, -0.1) is 36.4 Å². The summed E-state index contributed by atoms with van der Waals surface area (Å²) in [5.41, 5.74) is 0. The van der Waals surface area contributed by atoms with Crippen molar-refractivity contribution in [2.45, 2.75) is 10.1 Å². The van der Waals surface area contributed by atoms with Crippen LogP contribution in [0.25, 0.3) is 0 Å². The molecule has 0 atom stereocenters. The first-order valence-electron chi connectivity index (χ1n) is 1.75. The van der Waals surface area contributed by atoms with Gasteiger partial charge in [0.15, 0.2) is 0 Å². The number of hydrogen-bond donors (Lipinski definition) is 0. The average molecular weight is 153 g/mol. The summed E-state index contributed by atoms with van der Waals surface area (Å²) in [6.07, 6.45) is 0. The third kappa shape index (κ3) is 19.8. The van der Waals surface area contributed by atoms with Crippen molar-refractivity contribution >= 4 is 39.5 Å². The lowest BCUT2D eigenvalue weighted by Gasteiger charge is -1.85. The molecular weight excluding hydrogens is 146 g/mol. The van der Waals surface area contributed by atoms with Crippen molar-refractivity contribution in [1.29, 1.82) is 0 Å². The SMILES string of the molecule is C=C.[Al][CH2]C(Cl)Cl. The van der Waals surface area contributed by atoms with E-state index in [9.17, 15) is 0 Å². The molecule has 0 unspecified atom stereocenters. The Hall–Kier alpha value is 0.852. The van der Waals surface area contributed by atoms with E-state index in [1.165, 1.54) is 0 Å². The number of hydrogen-bond acceptors (Lipinski definition) is 0. The molecule has 0 nitrogen and oxygen atoms in total. The van der Waals surface area contributed by atoms with Crippen LogP contribution in [0.5, 0.6) is 0 Å². The Morgan fingerprint density at radius 2 is 1.57 bits per heavy atom. The van der Waals surface area contributed by atoms with Crippen LogP contribution in [0.2, 0.25) is 5.28 Å². The Bertz CT molecular complexity index is 30.9. The highest BCUT2D eigenvalue weighted by Crippen LogP contribution is 2.02. The van der Waals surface area contributed by atoms with E-state index in [2.05, 4.69) is 29.4 Å². The molecule has 2 radical (unpaired) electrons. The smallest absolute Gasteiger partial charge is 0.107 e. The van der Waals surface area contributed by atoms with E-state index < -0.39 is 0 Å². The van der Waals surface area contributed by atoms with Gasteiger partial charge in [0.05, 0.1) is 4.84 Å². The van der Waals surface area contributed by atoms with Gasteiger partial charge in [0.25, 0.3) is 0 Å². The third-order valence-corrected chi connectivity index (χ3v) is 1.60. The van der Waals surface area contributed by atoms with Crippen molar-refractivity contribution in [2.75, 3.05) is 0 Å². The monoisotopic (exact) mass is 152 g/mol. The van der Waals surface area contributed by atoms with Gasteiger partial charge in [0, 0.05) is 0 Å². The van der Waals surface area contributed by atoms with Crippen LogP contribution >= 0.6 is 23.2 Å². The molecule has 0 aliphatic rings. The second-order valence-corrected chi connectivity index (χ2v) is 2.38. The van der Waals surface area contributed by atoms with Crippen LogP contribution in [0.4, 0.5) is 0 Å². The molecule has 0 bridgehead atoms.